The molecule has 0 spiro atoms. The Labute approximate surface area is 183 Å². The van der Waals surface area contributed by atoms with Crippen molar-refractivity contribution in [1.82, 2.24) is 0 Å². The molecule has 8 heteroatoms. The molecule has 2 N–H and O–H groups in total. The van der Waals surface area contributed by atoms with E-state index in [1.165, 1.54) is 0 Å². The molecule has 0 bridgehead atoms. The van der Waals surface area contributed by atoms with E-state index < -0.39 is 18.5 Å². The van der Waals surface area contributed by atoms with Gasteiger partial charge in [-0.15, -0.1) is 0 Å². The van der Waals surface area contributed by atoms with Gasteiger partial charge in [0, 0.05) is 22.3 Å². The fourth-order valence-electron chi connectivity index (χ4n) is 2.57. The van der Waals surface area contributed by atoms with Gasteiger partial charge in [-0.1, -0.05) is 29.3 Å². The highest BCUT2D eigenvalue weighted by molar-refractivity contribution is 9.10. The van der Waals surface area contributed by atoms with Gasteiger partial charge in [0.25, 0.3) is 5.91 Å². The Morgan fingerprint density at radius 3 is 2.28 bits per heavy atom. The van der Waals surface area contributed by atoms with Gasteiger partial charge in [0.15, 0.2) is 6.61 Å². The number of hydrogen-bond donors (Lipinski definition) is 2. The van der Waals surface area contributed by atoms with Gasteiger partial charge >= 0.3 is 5.97 Å². The number of esters is 1. The zero-order valence-electron chi connectivity index (χ0n) is 16.4. The summed E-state index contributed by atoms with van der Waals surface area (Å²) in [5.74, 6) is -1.40. The largest absolute Gasteiger partial charge is 0.456 e. The Bertz CT molecular complexity index is 947. The first-order chi connectivity index (χ1) is 13.7. The summed E-state index contributed by atoms with van der Waals surface area (Å²) in [7, 11) is 0. The number of anilines is 2. The number of amides is 2. The summed E-state index contributed by atoms with van der Waals surface area (Å²) in [5, 5.41) is 5.86. The second-order valence-corrected chi connectivity index (χ2v) is 7.92. The van der Waals surface area contributed by atoms with E-state index in [1.807, 2.05) is 39.0 Å². The molecule has 0 aliphatic carbocycles. The summed E-state index contributed by atoms with van der Waals surface area (Å²) in [6.07, 6.45) is -0.150. The third kappa shape index (κ3) is 7.18. The predicted molar refractivity (Wildman–Crippen MR) is 117 cm³/mol. The van der Waals surface area contributed by atoms with Gasteiger partial charge < -0.3 is 15.4 Å². The van der Waals surface area contributed by atoms with Crippen molar-refractivity contribution in [3.05, 3.63) is 56.5 Å². The minimum absolute atomic E-state index is 0.0325. The maximum absolute atomic E-state index is 12.0. The SMILES string of the molecule is Cc1ccc(NC(=O)CCC(=O)OCC(=O)Nc2cc(Cl)c(Br)cc2C)c(C)c1. The summed E-state index contributed by atoms with van der Waals surface area (Å²) in [6.45, 7) is 5.24. The van der Waals surface area contributed by atoms with Crippen molar-refractivity contribution in [1.29, 1.82) is 0 Å². The molecule has 29 heavy (non-hydrogen) atoms. The molecular weight excluding hydrogens is 460 g/mol. The van der Waals surface area contributed by atoms with Crippen LogP contribution in [0.1, 0.15) is 29.5 Å². The lowest BCUT2D eigenvalue weighted by atomic mass is 10.1. The van der Waals surface area contributed by atoms with Crippen molar-refractivity contribution in [2.24, 2.45) is 0 Å². The minimum Gasteiger partial charge on any atom is -0.456 e. The Balaban J connectivity index is 1.75. The van der Waals surface area contributed by atoms with Crippen LogP contribution in [0.25, 0.3) is 0 Å². The average Bonchev–Trinajstić information content (AvgIpc) is 2.65. The normalized spacial score (nSPS) is 10.4. The summed E-state index contributed by atoms with van der Waals surface area (Å²) in [4.78, 5) is 35.8. The van der Waals surface area contributed by atoms with Gasteiger partial charge in [0.2, 0.25) is 5.91 Å². The molecule has 0 aliphatic heterocycles. The number of ether oxygens (including phenoxy) is 1. The predicted octanol–water partition coefficient (Wildman–Crippen LogP) is 4.93. The number of nitrogens with one attached hydrogen (secondary N) is 2. The van der Waals surface area contributed by atoms with E-state index >= 15 is 0 Å². The highest BCUT2D eigenvalue weighted by Gasteiger charge is 2.13. The number of rotatable bonds is 7. The van der Waals surface area contributed by atoms with Crippen molar-refractivity contribution < 1.29 is 19.1 Å². The van der Waals surface area contributed by atoms with Crippen LogP contribution in [0.2, 0.25) is 5.02 Å². The van der Waals surface area contributed by atoms with E-state index in [9.17, 15) is 14.4 Å². The summed E-state index contributed by atoms with van der Waals surface area (Å²) in [6, 6.07) is 9.07. The molecule has 2 aromatic rings. The molecule has 0 saturated heterocycles. The molecule has 6 nitrogen and oxygen atoms in total. The van der Waals surface area contributed by atoms with Gasteiger partial charge in [-0.05, 0) is 66.0 Å². The second-order valence-electron chi connectivity index (χ2n) is 6.66. The molecule has 0 aromatic heterocycles. The Morgan fingerprint density at radius 1 is 0.931 bits per heavy atom. The standard InChI is InChI=1S/C21H22BrClN2O4/c1-12-4-5-17(13(2)8-12)24-19(26)6-7-21(28)29-11-20(27)25-18-10-16(23)15(22)9-14(18)3/h4-5,8-10H,6-7,11H2,1-3H3,(H,24,26)(H,25,27). The van der Waals surface area contributed by atoms with Crippen molar-refractivity contribution in [3.8, 4) is 0 Å². The molecule has 0 fully saturated rings. The fourth-order valence-corrected chi connectivity index (χ4v) is 3.19. The molecule has 2 rings (SSSR count). The van der Waals surface area contributed by atoms with Crippen molar-refractivity contribution in [2.45, 2.75) is 33.6 Å². The van der Waals surface area contributed by atoms with Crippen molar-refractivity contribution in [3.63, 3.8) is 0 Å². The zero-order valence-corrected chi connectivity index (χ0v) is 18.7. The van der Waals surface area contributed by atoms with E-state index in [2.05, 4.69) is 26.6 Å². The highest BCUT2D eigenvalue weighted by atomic mass is 79.9. The maximum Gasteiger partial charge on any atom is 0.306 e. The fraction of sp³-hybridized carbons (Fsp3) is 0.286. The van der Waals surface area contributed by atoms with Crippen LogP contribution in [-0.4, -0.2) is 24.4 Å². The lowest BCUT2D eigenvalue weighted by Crippen LogP contribution is -2.22. The first-order valence-corrected chi connectivity index (χ1v) is 10.1. The van der Waals surface area contributed by atoms with Crippen molar-refractivity contribution in [2.75, 3.05) is 17.2 Å². The van der Waals surface area contributed by atoms with Gasteiger partial charge in [0.05, 0.1) is 11.4 Å². The number of halogens is 2. The van der Waals surface area contributed by atoms with Crippen LogP contribution in [-0.2, 0) is 19.1 Å². The molecule has 0 saturated carbocycles. The lowest BCUT2D eigenvalue weighted by molar-refractivity contribution is -0.147. The molecule has 0 atom stereocenters. The summed E-state index contributed by atoms with van der Waals surface area (Å²) >= 11 is 9.33. The van der Waals surface area contributed by atoms with Gasteiger partial charge in [0.1, 0.15) is 0 Å². The molecular formula is C21H22BrClN2O4. The van der Waals surface area contributed by atoms with E-state index in [4.69, 9.17) is 16.3 Å². The molecule has 0 radical (unpaired) electrons. The smallest absolute Gasteiger partial charge is 0.306 e. The van der Waals surface area contributed by atoms with Crippen molar-refractivity contribution >= 4 is 56.7 Å². The van der Waals surface area contributed by atoms with Gasteiger partial charge in [-0.2, -0.15) is 0 Å². The van der Waals surface area contributed by atoms with E-state index in [0.29, 0.717) is 16.4 Å². The monoisotopic (exact) mass is 480 g/mol. The quantitative estimate of drug-likeness (QED) is 0.549. The molecule has 2 aromatic carbocycles. The number of aryl methyl sites for hydroxylation is 3. The van der Waals surface area contributed by atoms with Gasteiger partial charge in [-0.3, -0.25) is 14.4 Å². The van der Waals surface area contributed by atoms with E-state index in [0.717, 1.165) is 21.2 Å². The third-order valence-corrected chi connectivity index (χ3v) is 5.31. The topological polar surface area (TPSA) is 84.5 Å². The van der Waals surface area contributed by atoms with Crippen LogP contribution in [0.15, 0.2) is 34.8 Å². The van der Waals surface area contributed by atoms with Crippen LogP contribution in [0.3, 0.4) is 0 Å². The van der Waals surface area contributed by atoms with E-state index in [-0.39, 0.29) is 18.7 Å². The lowest BCUT2D eigenvalue weighted by Gasteiger charge is -2.11. The van der Waals surface area contributed by atoms with Crippen LogP contribution >= 0.6 is 27.5 Å². The molecule has 0 aliphatic rings. The number of carbonyl (C=O) groups excluding carboxylic acids is 3. The molecule has 0 heterocycles. The Kier molecular flexibility index (Phi) is 8.22. The van der Waals surface area contributed by atoms with Crippen LogP contribution < -0.4 is 10.6 Å². The van der Waals surface area contributed by atoms with Gasteiger partial charge in [-0.25, -0.2) is 0 Å². The number of carbonyl (C=O) groups is 3. The van der Waals surface area contributed by atoms with Crippen LogP contribution in [0, 0.1) is 20.8 Å². The zero-order chi connectivity index (χ0) is 21.6. The number of benzene rings is 2. The Morgan fingerprint density at radius 2 is 1.59 bits per heavy atom. The number of hydrogen-bond acceptors (Lipinski definition) is 4. The second kappa shape index (κ2) is 10.4. The molecule has 2 amide bonds. The molecule has 154 valence electrons. The first kappa shape index (κ1) is 22.9. The molecule has 0 unspecified atom stereocenters. The summed E-state index contributed by atoms with van der Waals surface area (Å²) < 4.78 is 5.66. The minimum atomic E-state index is -0.624. The highest BCUT2D eigenvalue weighted by Crippen LogP contribution is 2.28. The van der Waals surface area contributed by atoms with Crippen LogP contribution in [0.5, 0.6) is 0 Å². The Hall–Kier alpha value is -2.38. The average molecular weight is 482 g/mol. The van der Waals surface area contributed by atoms with E-state index in [1.54, 1.807) is 12.1 Å². The summed E-state index contributed by atoms with van der Waals surface area (Å²) in [5.41, 5.74) is 4.09. The maximum atomic E-state index is 12.0. The van der Waals surface area contributed by atoms with Crippen LogP contribution in [0.4, 0.5) is 11.4 Å². The third-order valence-electron chi connectivity index (χ3n) is 4.12. The first-order valence-electron chi connectivity index (χ1n) is 8.94.